The Labute approximate surface area is 425 Å². The van der Waals surface area contributed by atoms with Crippen LogP contribution in [-0.2, 0) is 53.0 Å². The van der Waals surface area contributed by atoms with E-state index in [9.17, 15) is 18.3 Å². The topological polar surface area (TPSA) is 219 Å². The van der Waals surface area contributed by atoms with Gasteiger partial charge in [0.15, 0.2) is 0 Å². The van der Waals surface area contributed by atoms with Gasteiger partial charge in [0, 0.05) is 0 Å². The van der Waals surface area contributed by atoms with E-state index in [2.05, 4.69) is 83.1 Å². The molecule has 0 heterocycles. The number of hydrogen-bond acceptors (Lipinski definition) is 10. The predicted octanol–water partition coefficient (Wildman–Crippen LogP) is 17.9. The maximum absolute atomic E-state index is 10.3. The summed E-state index contributed by atoms with van der Waals surface area (Å²) < 4.78 is 85.6. The molecular weight excluding hydrogens is 983 g/mol. The molecule has 0 aliphatic carbocycles. The van der Waals surface area contributed by atoms with Crippen LogP contribution in [0.25, 0.3) is 0 Å². The molecule has 0 aromatic heterocycles. The van der Waals surface area contributed by atoms with Crippen LogP contribution >= 0.6 is 30.4 Å². The van der Waals surface area contributed by atoms with Gasteiger partial charge in [-0.3, -0.25) is 54.5 Å². The van der Waals surface area contributed by atoms with Crippen molar-refractivity contribution in [2.24, 2.45) is 0 Å². The third-order valence-corrected chi connectivity index (χ3v) is 17.7. The minimum atomic E-state index is -2.55. The van der Waals surface area contributed by atoms with Gasteiger partial charge in [-0.15, -0.1) is 0 Å². The van der Waals surface area contributed by atoms with Gasteiger partial charge in [-0.2, -0.15) is 0 Å². The largest absolute Gasteiger partial charge is 2.00 e. The molecular formula is C48H114CoO14P4+4. The van der Waals surface area contributed by atoms with Crippen LogP contribution in [-0.4, -0.2) is 107 Å². The van der Waals surface area contributed by atoms with Crippen LogP contribution in [0.4, 0.5) is 0 Å². The molecule has 0 atom stereocenters. The molecule has 6 N–H and O–H groups in total. The third-order valence-electron chi connectivity index (χ3n) is 9.50. The summed E-state index contributed by atoms with van der Waals surface area (Å²) >= 11 is 0. The number of unbranched alkanes of at least 4 members (excludes halogenated alkanes) is 12. The molecule has 0 saturated heterocycles. The Morgan fingerprint density at radius 3 is 0.418 bits per heavy atom. The molecule has 0 spiro atoms. The standard InChI is InChI=1S/4C12H27O3P.Co.2H2O/c4*1-4-7-10-14-16(13,12-9-6-3)15-11-8-5-2;;;/h4*4-12H2,1-3H3;;2*1H2/q;;;;+2;;/p+2. The van der Waals surface area contributed by atoms with Crippen LogP contribution in [0.1, 0.15) is 237 Å². The Kier molecular flexibility index (Phi) is 75.1. The Balaban J connectivity index is -0.000000141. The van der Waals surface area contributed by atoms with Crippen LogP contribution in [0.3, 0.4) is 0 Å². The van der Waals surface area contributed by atoms with E-state index in [0.717, 1.165) is 154 Å². The molecule has 19 heteroatoms. The molecule has 0 amide bonds. The zero-order chi connectivity index (χ0) is 49.1. The Hall–Kier alpha value is 1.03. The van der Waals surface area contributed by atoms with Crippen molar-refractivity contribution < 1.29 is 82.2 Å². The van der Waals surface area contributed by atoms with Crippen molar-refractivity contribution in [3.8, 4) is 0 Å². The predicted molar refractivity (Wildman–Crippen MR) is 285 cm³/mol. The van der Waals surface area contributed by atoms with E-state index < -0.39 is 30.4 Å². The van der Waals surface area contributed by atoms with Gasteiger partial charge in [0.05, 0.1) is 52.9 Å². The normalized spacial score (nSPS) is 11.4. The molecule has 1 radical (unpaired) electrons. The van der Waals surface area contributed by atoms with Gasteiger partial charge < -0.3 is 11.0 Å². The molecule has 0 unspecified atom stereocenters. The van der Waals surface area contributed by atoms with Crippen molar-refractivity contribution in [1.82, 2.24) is 0 Å². The van der Waals surface area contributed by atoms with Crippen molar-refractivity contribution >= 4 is 30.4 Å². The molecule has 415 valence electrons. The summed E-state index contributed by atoms with van der Waals surface area (Å²) in [6, 6.07) is 0. The Morgan fingerprint density at radius 1 is 0.224 bits per heavy atom. The van der Waals surface area contributed by atoms with E-state index in [0.29, 0.717) is 77.5 Å². The molecule has 0 bridgehead atoms. The third kappa shape index (κ3) is 59.5. The average Bonchev–Trinajstić information content (AvgIpc) is 3.28. The summed E-state index contributed by atoms with van der Waals surface area (Å²) in [6.07, 6.45) is 27.5. The van der Waals surface area contributed by atoms with Gasteiger partial charge in [0.1, 0.15) is 24.6 Å². The maximum atomic E-state index is 10.3. The minimum absolute atomic E-state index is 0. The van der Waals surface area contributed by atoms with Gasteiger partial charge in [-0.25, -0.2) is 0 Å². The zero-order valence-electron chi connectivity index (χ0n) is 45.5. The van der Waals surface area contributed by atoms with Crippen LogP contribution < -0.4 is 0 Å². The van der Waals surface area contributed by atoms with Crippen molar-refractivity contribution in [2.75, 3.05) is 77.5 Å². The fourth-order valence-electron chi connectivity index (χ4n) is 4.91. The SMILES string of the molecule is CCCCOP(=[OH+])(CCCC)OCCCC.CCCCOP(=[OH+])(CCCC)OCCCC.CCCCOP(=[OH+])(CCCC)OCCCC.CCCCOP(=[OH+])(CCCC)OCCCC.[Co+2].[OH-].[OH-]. The fourth-order valence-corrected chi connectivity index (χ4v) is 12.4. The first-order valence-electron chi connectivity index (χ1n) is 26.3. The molecule has 0 rings (SSSR count). The van der Waals surface area contributed by atoms with E-state index in [4.69, 9.17) is 36.2 Å². The van der Waals surface area contributed by atoms with E-state index in [1.165, 1.54) is 0 Å². The number of hydrogen-bond donors (Lipinski definition) is 0. The quantitative estimate of drug-likeness (QED) is 0.0319. The second kappa shape index (κ2) is 61.3. The molecule has 0 saturated carbocycles. The van der Waals surface area contributed by atoms with Crippen molar-refractivity contribution in [3.05, 3.63) is 0 Å². The van der Waals surface area contributed by atoms with E-state index in [-0.39, 0.29) is 27.7 Å². The molecule has 67 heavy (non-hydrogen) atoms. The van der Waals surface area contributed by atoms with Crippen molar-refractivity contribution in [2.45, 2.75) is 237 Å². The molecule has 0 fully saturated rings. The second-order valence-electron chi connectivity index (χ2n) is 16.4. The summed E-state index contributed by atoms with van der Waals surface area (Å²) in [5, 5.41) is 0. The van der Waals surface area contributed by atoms with Gasteiger partial charge in [-0.05, 0) is 77.0 Å². The maximum Gasteiger partial charge on any atom is 2.00 e. The Morgan fingerprint density at radius 2 is 0.328 bits per heavy atom. The molecule has 0 aromatic carbocycles. The van der Waals surface area contributed by atoms with Crippen molar-refractivity contribution in [1.29, 1.82) is 0 Å². The van der Waals surface area contributed by atoms with E-state index in [1.54, 1.807) is 0 Å². The van der Waals surface area contributed by atoms with Gasteiger partial charge in [-0.1, -0.05) is 160 Å². The average molecular weight is 1100 g/mol. The molecule has 0 aliphatic rings. The summed E-state index contributed by atoms with van der Waals surface area (Å²) in [6.45, 7) is 30.4. The van der Waals surface area contributed by atoms with Crippen LogP contribution in [0.15, 0.2) is 0 Å². The van der Waals surface area contributed by atoms with Crippen LogP contribution in [0, 0.1) is 0 Å². The number of rotatable bonds is 44. The monoisotopic (exact) mass is 1100 g/mol. The first-order valence-corrected chi connectivity index (χ1v) is 33.4. The summed E-state index contributed by atoms with van der Waals surface area (Å²) in [5.74, 6) is 0. The van der Waals surface area contributed by atoms with Gasteiger partial charge in [0.25, 0.3) is 0 Å². The van der Waals surface area contributed by atoms with Crippen molar-refractivity contribution in [3.63, 3.8) is 0 Å². The molecule has 0 aromatic rings. The van der Waals surface area contributed by atoms with Crippen LogP contribution in [0.2, 0.25) is 0 Å². The van der Waals surface area contributed by atoms with E-state index >= 15 is 0 Å². The summed E-state index contributed by atoms with van der Waals surface area (Å²) in [5.41, 5.74) is 0. The zero-order valence-corrected chi connectivity index (χ0v) is 50.1. The summed E-state index contributed by atoms with van der Waals surface area (Å²) in [4.78, 5) is 0. The fraction of sp³-hybridized carbons (Fsp3) is 1.00. The first kappa shape index (κ1) is 82.1. The van der Waals surface area contributed by atoms with Crippen LogP contribution in [0.5, 0.6) is 0 Å². The first-order chi connectivity index (χ1) is 30.7. The smallest absolute Gasteiger partial charge is 0.870 e. The Bertz CT molecular complexity index is 903. The second-order valence-corrected chi connectivity index (χ2v) is 25.3. The van der Waals surface area contributed by atoms with E-state index in [1.807, 2.05) is 0 Å². The van der Waals surface area contributed by atoms with Gasteiger partial charge in [0.2, 0.25) is 0 Å². The summed E-state index contributed by atoms with van der Waals surface area (Å²) in [7, 11) is -10.2. The minimum Gasteiger partial charge on any atom is -0.870 e. The molecule has 14 nitrogen and oxygen atoms in total. The van der Waals surface area contributed by atoms with Gasteiger partial charge >= 0.3 is 47.2 Å². The molecule has 0 aliphatic heterocycles.